The molecule has 2 aliphatic heterocycles. The fraction of sp³-hybridized carbons (Fsp3) is 0.688. The highest BCUT2D eigenvalue weighted by atomic mass is 16.2. The van der Waals surface area contributed by atoms with Gasteiger partial charge in [-0.15, -0.1) is 0 Å². The lowest BCUT2D eigenvalue weighted by Gasteiger charge is -2.39. The van der Waals surface area contributed by atoms with Crippen LogP contribution in [0.4, 0.5) is 5.82 Å². The van der Waals surface area contributed by atoms with Gasteiger partial charge in [0.05, 0.1) is 6.20 Å². The smallest absolute Gasteiger partial charge is 0.226 e. The van der Waals surface area contributed by atoms with Crippen LogP contribution in [0.5, 0.6) is 0 Å². The number of nitrogens with zero attached hydrogens (tertiary/aromatic N) is 4. The van der Waals surface area contributed by atoms with Crippen molar-refractivity contribution >= 4 is 11.7 Å². The quantitative estimate of drug-likeness (QED) is 0.836. The molecular formula is C16H24N4O. The molecule has 0 saturated carbocycles. The number of carbonyl (C=O) groups excluding carboxylic acids is 1. The van der Waals surface area contributed by atoms with Gasteiger partial charge < -0.3 is 9.80 Å². The molecule has 21 heavy (non-hydrogen) atoms. The molecule has 1 atom stereocenters. The number of likely N-dealkylation sites (tertiary alicyclic amines) is 1. The standard InChI is InChI=1S/C16H24N4O/c1-13-4-2-3-9-20(13)16(21)14-5-10-19(11-6-14)15-12-17-7-8-18-15/h7-8,12-14H,2-6,9-11H2,1H3. The lowest BCUT2D eigenvalue weighted by molar-refractivity contribution is -0.139. The Morgan fingerprint density at radius 3 is 2.62 bits per heavy atom. The van der Waals surface area contributed by atoms with Gasteiger partial charge in [-0.1, -0.05) is 0 Å². The van der Waals surface area contributed by atoms with E-state index in [4.69, 9.17) is 0 Å². The van der Waals surface area contributed by atoms with Crippen molar-refractivity contribution in [2.24, 2.45) is 5.92 Å². The Hall–Kier alpha value is -1.65. The number of hydrogen-bond donors (Lipinski definition) is 0. The van der Waals surface area contributed by atoms with Crippen molar-refractivity contribution in [2.45, 2.75) is 45.1 Å². The van der Waals surface area contributed by atoms with Crippen LogP contribution in [0.2, 0.25) is 0 Å². The minimum atomic E-state index is 0.193. The summed E-state index contributed by atoms with van der Waals surface area (Å²) in [5, 5.41) is 0. The molecule has 0 aliphatic carbocycles. The molecule has 5 nitrogen and oxygen atoms in total. The molecule has 3 heterocycles. The zero-order valence-electron chi connectivity index (χ0n) is 12.7. The summed E-state index contributed by atoms with van der Waals surface area (Å²) in [5.74, 6) is 1.49. The molecule has 3 rings (SSSR count). The molecule has 114 valence electrons. The molecule has 2 fully saturated rings. The lowest BCUT2D eigenvalue weighted by Crippen LogP contribution is -2.48. The van der Waals surface area contributed by atoms with Gasteiger partial charge in [0.1, 0.15) is 5.82 Å². The molecule has 0 spiro atoms. The third-order valence-corrected chi connectivity index (χ3v) is 4.80. The van der Waals surface area contributed by atoms with Crippen molar-refractivity contribution in [2.75, 3.05) is 24.5 Å². The Bertz CT molecular complexity index is 470. The molecule has 2 saturated heterocycles. The summed E-state index contributed by atoms with van der Waals surface area (Å²) in [6.07, 6.45) is 10.7. The van der Waals surface area contributed by atoms with Crippen LogP contribution in [0.3, 0.4) is 0 Å². The number of rotatable bonds is 2. The third kappa shape index (κ3) is 3.17. The Kier molecular flexibility index (Phi) is 4.36. The van der Waals surface area contributed by atoms with E-state index in [2.05, 4.69) is 26.7 Å². The molecule has 1 unspecified atom stereocenters. The van der Waals surface area contributed by atoms with E-state index in [1.165, 1.54) is 6.42 Å². The van der Waals surface area contributed by atoms with Crippen LogP contribution < -0.4 is 4.90 Å². The van der Waals surface area contributed by atoms with Gasteiger partial charge >= 0.3 is 0 Å². The zero-order chi connectivity index (χ0) is 14.7. The van der Waals surface area contributed by atoms with Crippen LogP contribution >= 0.6 is 0 Å². The van der Waals surface area contributed by atoms with Gasteiger partial charge in [-0.2, -0.15) is 0 Å². The van der Waals surface area contributed by atoms with Crippen molar-refractivity contribution < 1.29 is 4.79 Å². The van der Waals surface area contributed by atoms with Crippen molar-refractivity contribution in [3.05, 3.63) is 18.6 Å². The molecule has 5 heteroatoms. The summed E-state index contributed by atoms with van der Waals surface area (Å²) in [6.45, 7) is 4.94. The number of carbonyl (C=O) groups is 1. The van der Waals surface area contributed by atoms with E-state index < -0.39 is 0 Å². The third-order valence-electron chi connectivity index (χ3n) is 4.80. The maximum Gasteiger partial charge on any atom is 0.226 e. The predicted molar refractivity (Wildman–Crippen MR) is 82.0 cm³/mol. The highest BCUT2D eigenvalue weighted by molar-refractivity contribution is 5.79. The minimum Gasteiger partial charge on any atom is -0.355 e. The normalized spacial score (nSPS) is 24.1. The van der Waals surface area contributed by atoms with Crippen molar-refractivity contribution in [3.8, 4) is 0 Å². The summed E-state index contributed by atoms with van der Waals surface area (Å²) < 4.78 is 0. The van der Waals surface area contributed by atoms with Crippen molar-refractivity contribution in [1.29, 1.82) is 0 Å². The highest BCUT2D eigenvalue weighted by Crippen LogP contribution is 2.26. The molecular weight excluding hydrogens is 264 g/mol. The van der Waals surface area contributed by atoms with Gasteiger partial charge in [-0.3, -0.25) is 9.78 Å². The maximum atomic E-state index is 12.7. The molecule has 0 radical (unpaired) electrons. The summed E-state index contributed by atoms with van der Waals surface area (Å²) in [7, 11) is 0. The van der Waals surface area contributed by atoms with E-state index in [1.807, 2.05) is 0 Å². The van der Waals surface area contributed by atoms with E-state index in [0.29, 0.717) is 11.9 Å². The van der Waals surface area contributed by atoms with Crippen LogP contribution in [-0.2, 0) is 4.79 Å². The van der Waals surface area contributed by atoms with Crippen LogP contribution in [0, 0.1) is 5.92 Å². The topological polar surface area (TPSA) is 49.3 Å². The number of anilines is 1. The molecule has 0 aromatic carbocycles. The second-order valence-corrected chi connectivity index (χ2v) is 6.20. The van der Waals surface area contributed by atoms with Crippen LogP contribution in [0.1, 0.15) is 39.0 Å². The second-order valence-electron chi connectivity index (χ2n) is 6.20. The van der Waals surface area contributed by atoms with Gasteiger partial charge in [0.15, 0.2) is 0 Å². The summed E-state index contributed by atoms with van der Waals surface area (Å²) >= 11 is 0. The first kappa shape index (κ1) is 14.3. The monoisotopic (exact) mass is 288 g/mol. The van der Waals surface area contributed by atoms with Crippen molar-refractivity contribution in [3.63, 3.8) is 0 Å². The van der Waals surface area contributed by atoms with Gasteiger partial charge in [0.25, 0.3) is 0 Å². The highest BCUT2D eigenvalue weighted by Gasteiger charge is 2.32. The van der Waals surface area contributed by atoms with Crippen molar-refractivity contribution in [1.82, 2.24) is 14.9 Å². The van der Waals surface area contributed by atoms with E-state index in [0.717, 1.165) is 51.1 Å². The number of piperidine rings is 2. The zero-order valence-corrected chi connectivity index (χ0v) is 12.7. The number of aromatic nitrogens is 2. The largest absolute Gasteiger partial charge is 0.355 e. The molecule has 1 aromatic heterocycles. The average Bonchev–Trinajstić information content (AvgIpc) is 2.56. The van der Waals surface area contributed by atoms with Crippen LogP contribution in [0.15, 0.2) is 18.6 Å². The minimum absolute atomic E-state index is 0.193. The predicted octanol–water partition coefficient (Wildman–Crippen LogP) is 2.09. The van der Waals surface area contributed by atoms with Gasteiger partial charge in [0, 0.05) is 44.0 Å². The first-order valence-corrected chi connectivity index (χ1v) is 8.07. The fourth-order valence-electron chi connectivity index (χ4n) is 3.47. The van der Waals surface area contributed by atoms with Crippen LogP contribution in [-0.4, -0.2) is 46.5 Å². The number of hydrogen-bond acceptors (Lipinski definition) is 4. The lowest BCUT2D eigenvalue weighted by atomic mass is 9.93. The van der Waals surface area contributed by atoms with Gasteiger partial charge in [0.2, 0.25) is 5.91 Å². The molecule has 0 N–H and O–H groups in total. The van der Waals surface area contributed by atoms with E-state index in [1.54, 1.807) is 18.6 Å². The Labute approximate surface area is 126 Å². The average molecular weight is 288 g/mol. The molecule has 2 aliphatic rings. The second kappa shape index (κ2) is 6.41. The van der Waals surface area contributed by atoms with Crippen LogP contribution in [0.25, 0.3) is 0 Å². The summed E-state index contributed by atoms with van der Waals surface area (Å²) in [6, 6.07) is 0.421. The Balaban J connectivity index is 1.57. The summed E-state index contributed by atoms with van der Waals surface area (Å²) in [5.41, 5.74) is 0. The Morgan fingerprint density at radius 2 is 1.95 bits per heavy atom. The summed E-state index contributed by atoms with van der Waals surface area (Å²) in [4.78, 5) is 25.5. The van der Waals surface area contributed by atoms with E-state index in [-0.39, 0.29) is 5.92 Å². The first-order valence-electron chi connectivity index (χ1n) is 8.07. The first-order chi connectivity index (χ1) is 10.3. The Morgan fingerprint density at radius 1 is 1.14 bits per heavy atom. The fourth-order valence-corrected chi connectivity index (χ4v) is 3.47. The van der Waals surface area contributed by atoms with E-state index in [9.17, 15) is 4.79 Å². The maximum absolute atomic E-state index is 12.7. The molecule has 1 aromatic rings. The SMILES string of the molecule is CC1CCCCN1C(=O)C1CCN(c2cnccn2)CC1. The molecule has 0 bridgehead atoms. The van der Waals surface area contributed by atoms with Gasteiger partial charge in [-0.05, 0) is 39.0 Å². The van der Waals surface area contributed by atoms with Gasteiger partial charge in [-0.25, -0.2) is 4.98 Å². The van der Waals surface area contributed by atoms with E-state index >= 15 is 0 Å². The number of amides is 1. The molecule has 1 amide bonds.